The zero-order valence-corrected chi connectivity index (χ0v) is 36.7. The number of aliphatic hydroxyl groups is 1. The molecule has 3 amide bonds. The number of hydrogen-bond donors (Lipinski definition) is 7. The quantitative estimate of drug-likeness (QED) is 0.0461. The van der Waals surface area contributed by atoms with Gasteiger partial charge in [-0.15, -0.1) is 0 Å². The van der Waals surface area contributed by atoms with Crippen LogP contribution < -0.4 is 26.8 Å². The molecule has 0 bridgehead atoms. The minimum atomic E-state index is -0.841. The van der Waals surface area contributed by atoms with Gasteiger partial charge in [0, 0.05) is 68.7 Å². The number of piperidine rings is 1. The van der Waals surface area contributed by atoms with Gasteiger partial charge in [0.25, 0.3) is 0 Å². The summed E-state index contributed by atoms with van der Waals surface area (Å²) in [5, 5.41) is 34.1. The molecule has 2 atom stereocenters. The van der Waals surface area contributed by atoms with Crippen LogP contribution in [0.5, 0.6) is 5.75 Å². The first-order valence-corrected chi connectivity index (χ1v) is 22.4. The van der Waals surface area contributed by atoms with Gasteiger partial charge in [0.1, 0.15) is 11.9 Å². The number of nitrogens with one attached hydrogen (secondary N) is 5. The highest BCUT2D eigenvalue weighted by Gasteiger charge is 2.23. The Morgan fingerprint density at radius 1 is 0.800 bits per heavy atom. The number of amides is 3. The summed E-state index contributed by atoms with van der Waals surface area (Å²) in [6.07, 6.45) is 1.98. The van der Waals surface area contributed by atoms with Crippen LogP contribution in [0.3, 0.4) is 0 Å². The van der Waals surface area contributed by atoms with Crippen molar-refractivity contribution in [2.45, 2.75) is 70.2 Å². The fourth-order valence-electron chi connectivity index (χ4n) is 8.23. The van der Waals surface area contributed by atoms with Gasteiger partial charge < -0.3 is 40.8 Å². The van der Waals surface area contributed by atoms with Crippen LogP contribution in [0.2, 0.25) is 0 Å². The predicted octanol–water partition coefficient (Wildman–Crippen LogP) is 6.78. The van der Waals surface area contributed by atoms with Gasteiger partial charge in [-0.1, -0.05) is 103 Å². The van der Waals surface area contributed by atoms with Gasteiger partial charge >= 0.3 is 6.09 Å². The average molecular weight is 879 g/mol. The van der Waals surface area contributed by atoms with Gasteiger partial charge in [0.15, 0.2) is 0 Å². The van der Waals surface area contributed by atoms with Crippen molar-refractivity contribution in [1.29, 1.82) is 0 Å². The Balaban J connectivity index is 0.747. The minimum absolute atomic E-state index is 0.0307. The topological polar surface area (TPSA) is 185 Å². The van der Waals surface area contributed by atoms with E-state index in [-0.39, 0.29) is 41.7 Å². The van der Waals surface area contributed by atoms with Crippen molar-refractivity contribution in [2.75, 3.05) is 38.0 Å². The lowest BCUT2D eigenvalue weighted by atomic mass is 10.0. The molecule has 0 spiro atoms. The number of hydrogen-bond acceptors (Lipinski definition) is 9. The number of ether oxygens (including phenoxy) is 1. The smallest absolute Gasteiger partial charge is 0.411 e. The zero-order valence-electron chi connectivity index (χ0n) is 36.7. The number of aromatic nitrogens is 1. The number of H-pyrrole nitrogens is 1. The number of pyridine rings is 1. The van der Waals surface area contributed by atoms with Gasteiger partial charge in [-0.3, -0.25) is 19.7 Å². The number of benzene rings is 5. The molecule has 13 heteroatoms. The molecule has 2 heterocycles. The molecule has 13 nitrogen and oxygen atoms in total. The number of aliphatic hydroxyl groups excluding tert-OH is 1. The molecule has 1 fully saturated rings. The van der Waals surface area contributed by atoms with E-state index in [9.17, 15) is 29.4 Å². The predicted molar refractivity (Wildman–Crippen MR) is 254 cm³/mol. The Hall–Kier alpha value is -6.80. The van der Waals surface area contributed by atoms with Crippen molar-refractivity contribution in [2.24, 2.45) is 0 Å². The summed E-state index contributed by atoms with van der Waals surface area (Å²) in [5.41, 5.74) is 7.35. The van der Waals surface area contributed by atoms with Crippen LogP contribution >= 0.6 is 0 Å². The second kappa shape index (κ2) is 22.7. The number of nitrogens with zero attached hydrogens (tertiary/aromatic N) is 1. The van der Waals surface area contributed by atoms with Crippen LogP contribution in [-0.2, 0) is 40.1 Å². The Bertz CT molecular complexity index is 2590. The highest BCUT2D eigenvalue weighted by molar-refractivity contribution is 5.91. The number of aromatic amines is 1. The lowest BCUT2D eigenvalue weighted by Gasteiger charge is -2.31. The Morgan fingerprint density at radius 2 is 1.54 bits per heavy atom. The van der Waals surface area contributed by atoms with Crippen LogP contribution in [0.4, 0.5) is 10.5 Å². The van der Waals surface area contributed by atoms with E-state index in [0.29, 0.717) is 74.0 Å². The van der Waals surface area contributed by atoms with Gasteiger partial charge in [-0.05, 0) is 84.2 Å². The van der Waals surface area contributed by atoms with E-state index in [1.807, 2.05) is 91.0 Å². The van der Waals surface area contributed by atoms with E-state index < -0.39 is 12.2 Å². The van der Waals surface area contributed by atoms with Crippen molar-refractivity contribution in [3.63, 3.8) is 0 Å². The lowest BCUT2D eigenvalue weighted by Crippen LogP contribution is -2.40. The van der Waals surface area contributed by atoms with Crippen molar-refractivity contribution in [1.82, 2.24) is 25.8 Å². The van der Waals surface area contributed by atoms with Crippen LogP contribution in [-0.4, -0.2) is 82.9 Å². The van der Waals surface area contributed by atoms with E-state index in [4.69, 9.17) is 4.74 Å². The minimum Gasteiger partial charge on any atom is -0.506 e. The van der Waals surface area contributed by atoms with E-state index in [2.05, 4.69) is 50.2 Å². The highest BCUT2D eigenvalue weighted by atomic mass is 16.6. The monoisotopic (exact) mass is 878 g/mol. The fourth-order valence-corrected chi connectivity index (χ4v) is 8.23. The number of fused-ring (bicyclic) bond motifs is 1. The maximum atomic E-state index is 12.8. The maximum Gasteiger partial charge on any atom is 0.411 e. The first-order valence-electron chi connectivity index (χ1n) is 22.4. The van der Waals surface area contributed by atoms with Crippen molar-refractivity contribution < 1.29 is 29.3 Å². The largest absolute Gasteiger partial charge is 0.506 e. The number of aromatic hydroxyl groups is 1. The maximum absolute atomic E-state index is 12.8. The average Bonchev–Trinajstić information content (AvgIpc) is 3.31. The summed E-state index contributed by atoms with van der Waals surface area (Å²) >= 11 is 0. The number of likely N-dealkylation sites (tertiary alicyclic amines) is 1. The molecule has 0 radical (unpaired) electrons. The molecule has 1 aliphatic rings. The van der Waals surface area contributed by atoms with E-state index in [1.165, 1.54) is 12.1 Å². The van der Waals surface area contributed by atoms with Crippen molar-refractivity contribution in [3.8, 4) is 16.9 Å². The molecule has 0 aliphatic carbocycles. The highest BCUT2D eigenvalue weighted by Crippen LogP contribution is 2.30. The van der Waals surface area contributed by atoms with Crippen molar-refractivity contribution >= 4 is 34.5 Å². The molecule has 6 aromatic rings. The van der Waals surface area contributed by atoms with E-state index in [1.54, 1.807) is 12.1 Å². The summed E-state index contributed by atoms with van der Waals surface area (Å²) in [5.74, 6) is -0.136. The number of rotatable bonds is 19. The van der Waals surface area contributed by atoms with E-state index >= 15 is 0 Å². The Morgan fingerprint density at radius 3 is 2.34 bits per heavy atom. The number of carbonyl (C=O) groups is 3. The van der Waals surface area contributed by atoms with Gasteiger partial charge in [0.05, 0.1) is 23.7 Å². The molecule has 7 N–H and O–H groups in total. The van der Waals surface area contributed by atoms with Crippen LogP contribution in [0.25, 0.3) is 22.0 Å². The third-order valence-corrected chi connectivity index (χ3v) is 11.8. The summed E-state index contributed by atoms with van der Waals surface area (Å²) < 4.78 is 5.76. The zero-order chi connectivity index (χ0) is 45.5. The molecule has 5 aromatic carbocycles. The molecular weight excluding hydrogens is 821 g/mol. The standard InChI is InChI=1S/C52H58N6O7/c1-35(54-34-47(60)43-18-20-46(59)51-44(43)19-21-49(62)57-51)30-39-9-7-8-36(31-39)22-26-53-50(63)32-37-14-16-38(17-15-37)33-55-48(61)25-29-58-27-23-41(24-28-58)65-52(64)56-45-13-6-5-12-42(45)40-10-3-2-4-11-40/h2-21,31,35,41,47,54,59-60H,22-30,32-34H2,1H3,(H,53,63)(H,55,61)(H,56,64)(H,57,62)/t35-,47-/m0/s1. The van der Waals surface area contributed by atoms with Crippen LogP contribution in [0.1, 0.15) is 60.1 Å². The second-order valence-corrected chi connectivity index (χ2v) is 16.7. The van der Waals surface area contributed by atoms with Gasteiger partial charge in [-0.25, -0.2) is 4.79 Å². The third-order valence-electron chi connectivity index (χ3n) is 11.8. The number of phenolic OH excluding ortho intramolecular Hbond substituents is 1. The second-order valence-electron chi connectivity index (χ2n) is 16.7. The first-order chi connectivity index (χ1) is 31.6. The summed E-state index contributed by atoms with van der Waals surface area (Å²) in [6, 6.07) is 39.7. The Kier molecular flexibility index (Phi) is 16.1. The molecule has 1 aromatic heterocycles. The van der Waals surface area contributed by atoms with Crippen molar-refractivity contribution in [3.05, 3.63) is 166 Å². The molecule has 1 saturated heterocycles. The number of carbonyl (C=O) groups excluding carboxylic acids is 3. The lowest BCUT2D eigenvalue weighted by molar-refractivity contribution is -0.122. The van der Waals surface area contributed by atoms with Crippen LogP contribution in [0, 0.1) is 0 Å². The molecule has 1 aliphatic heterocycles. The normalized spacial score (nSPS) is 14.1. The van der Waals surface area contributed by atoms with Crippen LogP contribution in [0.15, 0.2) is 132 Å². The number of anilines is 1. The summed E-state index contributed by atoms with van der Waals surface area (Å²) in [6.45, 7) is 5.38. The Labute approximate surface area is 379 Å². The number of phenols is 1. The first kappa shape index (κ1) is 46.2. The van der Waals surface area contributed by atoms with Gasteiger partial charge in [-0.2, -0.15) is 0 Å². The molecule has 0 unspecified atom stereocenters. The molecule has 7 rings (SSSR count). The van der Waals surface area contributed by atoms with E-state index in [0.717, 1.165) is 52.9 Å². The third kappa shape index (κ3) is 13.6. The number of para-hydroxylation sites is 1. The molecule has 338 valence electrons. The molecular formula is C52H58N6O7. The molecule has 65 heavy (non-hydrogen) atoms. The summed E-state index contributed by atoms with van der Waals surface area (Å²) in [7, 11) is 0. The fraction of sp³-hybridized carbons (Fsp3) is 0.308. The molecule has 0 saturated carbocycles. The van der Waals surface area contributed by atoms with Gasteiger partial charge in [0.2, 0.25) is 17.4 Å². The SMILES string of the molecule is C[C@@H](Cc1cccc(CCNC(=O)Cc2ccc(CNC(=O)CCN3CCC(OC(=O)Nc4ccccc4-c4ccccc4)CC3)cc2)c1)NC[C@H](O)c1ccc(O)c2[nH]c(=O)ccc12. The summed E-state index contributed by atoms with van der Waals surface area (Å²) in [4.78, 5) is 54.9.